The minimum absolute atomic E-state index is 0.327. The fraction of sp³-hybridized carbons (Fsp3) is 0.278. The van der Waals surface area contributed by atoms with E-state index >= 15 is 0 Å². The molecular formula is C18H20Cl2N2O3S. The van der Waals surface area contributed by atoms with Crippen molar-refractivity contribution in [2.45, 2.75) is 26.8 Å². The molecule has 0 aliphatic carbocycles. The van der Waals surface area contributed by atoms with Crippen LogP contribution in [0.3, 0.4) is 0 Å². The van der Waals surface area contributed by atoms with Crippen LogP contribution in [0.15, 0.2) is 36.4 Å². The molecule has 0 unspecified atom stereocenters. The summed E-state index contributed by atoms with van der Waals surface area (Å²) in [7, 11) is -3.71. The molecule has 1 atom stereocenters. The molecule has 2 rings (SSSR count). The highest BCUT2D eigenvalue weighted by Gasteiger charge is 2.29. The lowest BCUT2D eigenvalue weighted by molar-refractivity contribution is -0.116. The molecule has 8 heteroatoms. The van der Waals surface area contributed by atoms with Crippen molar-refractivity contribution in [2.75, 3.05) is 15.9 Å². The number of hydrogen-bond donors (Lipinski definition) is 1. The SMILES string of the molecule is Cc1ccc(NC(=O)[C@H](C)N(c2ccc(C)c(Cl)c2)S(C)(=O)=O)cc1Cl. The zero-order valence-electron chi connectivity index (χ0n) is 14.9. The molecule has 0 aliphatic heterocycles. The molecule has 0 spiro atoms. The van der Waals surface area contributed by atoms with Gasteiger partial charge in [0.15, 0.2) is 0 Å². The number of aryl methyl sites for hydroxylation is 2. The number of carbonyl (C=O) groups excluding carboxylic acids is 1. The third-order valence-corrected chi connectivity index (χ3v) is 5.99. The van der Waals surface area contributed by atoms with Gasteiger partial charge >= 0.3 is 0 Å². The molecule has 5 nitrogen and oxygen atoms in total. The first-order chi connectivity index (χ1) is 12.0. The van der Waals surface area contributed by atoms with Gasteiger partial charge in [0.25, 0.3) is 0 Å². The highest BCUT2D eigenvalue weighted by atomic mass is 35.5. The molecule has 0 saturated carbocycles. The smallest absolute Gasteiger partial charge is 0.247 e. The zero-order chi connectivity index (χ0) is 19.6. The minimum atomic E-state index is -3.71. The van der Waals surface area contributed by atoms with Crippen LogP contribution < -0.4 is 9.62 Å². The molecule has 0 radical (unpaired) electrons. The lowest BCUT2D eigenvalue weighted by atomic mass is 10.2. The lowest BCUT2D eigenvalue weighted by Crippen LogP contribution is -2.45. The summed E-state index contributed by atoms with van der Waals surface area (Å²) in [5, 5.41) is 3.64. The Morgan fingerprint density at radius 2 is 1.58 bits per heavy atom. The van der Waals surface area contributed by atoms with E-state index in [0.29, 0.717) is 21.4 Å². The maximum atomic E-state index is 12.6. The van der Waals surface area contributed by atoms with Gasteiger partial charge in [0, 0.05) is 15.7 Å². The van der Waals surface area contributed by atoms with Crippen LogP contribution >= 0.6 is 23.2 Å². The maximum Gasteiger partial charge on any atom is 0.247 e. The van der Waals surface area contributed by atoms with Crippen molar-refractivity contribution < 1.29 is 13.2 Å². The van der Waals surface area contributed by atoms with Crippen molar-refractivity contribution in [3.05, 3.63) is 57.6 Å². The first-order valence-electron chi connectivity index (χ1n) is 7.83. The first kappa shape index (κ1) is 20.6. The number of hydrogen-bond acceptors (Lipinski definition) is 3. The molecule has 140 valence electrons. The Labute approximate surface area is 164 Å². The molecule has 0 heterocycles. The van der Waals surface area contributed by atoms with Crippen molar-refractivity contribution in [3.8, 4) is 0 Å². The normalized spacial score (nSPS) is 12.5. The van der Waals surface area contributed by atoms with Crippen LogP contribution in [-0.4, -0.2) is 26.6 Å². The van der Waals surface area contributed by atoms with E-state index < -0.39 is 22.0 Å². The molecule has 0 bridgehead atoms. The van der Waals surface area contributed by atoms with E-state index in [4.69, 9.17) is 23.2 Å². The van der Waals surface area contributed by atoms with Crippen molar-refractivity contribution >= 4 is 50.5 Å². The van der Waals surface area contributed by atoms with Crippen molar-refractivity contribution in [3.63, 3.8) is 0 Å². The van der Waals surface area contributed by atoms with Crippen LogP contribution in [0, 0.1) is 13.8 Å². The molecule has 0 aliphatic rings. The van der Waals surface area contributed by atoms with Crippen LogP contribution in [0.25, 0.3) is 0 Å². The summed E-state index contributed by atoms with van der Waals surface area (Å²) in [6.07, 6.45) is 1.05. The van der Waals surface area contributed by atoms with Gasteiger partial charge in [-0.05, 0) is 56.2 Å². The molecule has 26 heavy (non-hydrogen) atoms. The van der Waals surface area contributed by atoms with Crippen molar-refractivity contribution in [2.24, 2.45) is 0 Å². The number of carbonyl (C=O) groups is 1. The summed E-state index contributed by atoms with van der Waals surface area (Å²) in [5.74, 6) is -0.480. The van der Waals surface area contributed by atoms with Gasteiger partial charge in [0.2, 0.25) is 15.9 Å². The minimum Gasteiger partial charge on any atom is -0.324 e. The quantitative estimate of drug-likeness (QED) is 0.787. The van der Waals surface area contributed by atoms with Gasteiger partial charge in [0.1, 0.15) is 6.04 Å². The van der Waals surface area contributed by atoms with Crippen molar-refractivity contribution in [1.82, 2.24) is 0 Å². The van der Waals surface area contributed by atoms with E-state index in [1.54, 1.807) is 30.3 Å². The summed E-state index contributed by atoms with van der Waals surface area (Å²) in [6.45, 7) is 5.18. The predicted molar refractivity (Wildman–Crippen MR) is 108 cm³/mol. The Morgan fingerprint density at radius 1 is 1.04 bits per heavy atom. The van der Waals surface area contributed by atoms with Crippen LogP contribution in [0.1, 0.15) is 18.1 Å². The lowest BCUT2D eigenvalue weighted by Gasteiger charge is -2.28. The number of rotatable bonds is 5. The Morgan fingerprint density at radius 3 is 2.08 bits per heavy atom. The van der Waals surface area contributed by atoms with Gasteiger partial charge in [-0.15, -0.1) is 0 Å². The second-order valence-corrected chi connectivity index (χ2v) is 8.80. The molecule has 2 aromatic carbocycles. The van der Waals surface area contributed by atoms with E-state index in [0.717, 1.165) is 21.7 Å². The summed E-state index contributed by atoms with van der Waals surface area (Å²) in [5.41, 5.74) is 2.51. The number of amides is 1. The average molecular weight is 415 g/mol. The number of halogens is 2. The van der Waals surface area contributed by atoms with Gasteiger partial charge in [-0.1, -0.05) is 35.3 Å². The topological polar surface area (TPSA) is 66.5 Å². The van der Waals surface area contributed by atoms with Crippen LogP contribution in [0.4, 0.5) is 11.4 Å². The van der Waals surface area contributed by atoms with Gasteiger partial charge in [-0.25, -0.2) is 8.42 Å². The molecule has 0 aromatic heterocycles. The zero-order valence-corrected chi connectivity index (χ0v) is 17.2. The summed E-state index contributed by atoms with van der Waals surface area (Å²) < 4.78 is 25.7. The van der Waals surface area contributed by atoms with Crippen LogP contribution in [0.2, 0.25) is 10.0 Å². The number of nitrogens with one attached hydrogen (secondary N) is 1. The molecular weight excluding hydrogens is 395 g/mol. The summed E-state index contributed by atoms with van der Waals surface area (Å²) >= 11 is 12.2. The second kappa shape index (κ2) is 7.86. The Balaban J connectivity index is 2.34. The molecule has 1 amide bonds. The Bertz CT molecular complexity index is 945. The third kappa shape index (κ3) is 4.69. The fourth-order valence-electron chi connectivity index (χ4n) is 2.44. The van der Waals surface area contributed by atoms with Gasteiger partial charge in [0.05, 0.1) is 11.9 Å². The standard InChI is InChI=1S/C18H20Cl2N2O3S/c1-11-5-7-14(9-16(11)19)21-18(23)13(3)22(26(4,24)25)15-8-6-12(2)17(20)10-15/h5-10,13H,1-4H3,(H,21,23)/t13-/m0/s1. The monoisotopic (exact) mass is 414 g/mol. The van der Waals surface area contributed by atoms with Crippen molar-refractivity contribution in [1.29, 1.82) is 0 Å². The van der Waals surface area contributed by atoms with Gasteiger partial charge < -0.3 is 5.32 Å². The number of benzene rings is 2. The highest BCUT2D eigenvalue weighted by molar-refractivity contribution is 7.92. The van der Waals surface area contributed by atoms with Gasteiger partial charge in [-0.3, -0.25) is 9.10 Å². The average Bonchev–Trinajstić information content (AvgIpc) is 2.53. The van der Waals surface area contributed by atoms with E-state index in [1.165, 1.54) is 13.0 Å². The second-order valence-electron chi connectivity index (χ2n) is 6.12. The van der Waals surface area contributed by atoms with E-state index in [2.05, 4.69) is 5.32 Å². The van der Waals surface area contributed by atoms with Crippen LogP contribution in [-0.2, 0) is 14.8 Å². The summed E-state index contributed by atoms with van der Waals surface area (Å²) in [4.78, 5) is 12.6. The molecule has 0 fully saturated rings. The molecule has 2 aromatic rings. The largest absolute Gasteiger partial charge is 0.324 e. The van der Waals surface area contributed by atoms with Gasteiger partial charge in [-0.2, -0.15) is 0 Å². The number of nitrogens with zero attached hydrogens (tertiary/aromatic N) is 1. The molecule has 0 saturated heterocycles. The Hall–Kier alpha value is -1.76. The molecule has 1 N–H and O–H groups in total. The van der Waals surface area contributed by atoms with Crippen LogP contribution in [0.5, 0.6) is 0 Å². The maximum absolute atomic E-state index is 12.6. The van der Waals surface area contributed by atoms with E-state index in [1.807, 2.05) is 13.8 Å². The summed E-state index contributed by atoms with van der Waals surface area (Å²) in [6, 6.07) is 8.98. The highest BCUT2D eigenvalue weighted by Crippen LogP contribution is 2.27. The predicted octanol–water partition coefficient (Wildman–Crippen LogP) is 4.40. The fourth-order valence-corrected chi connectivity index (χ4v) is 3.97. The number of anilines is 2. The number of sulfonamides is 1. The first-order valence-corrected chi connectivity index (χ1v) is 10.4. The Kier molecular flexibility index (Phi) is 6.21. The van der Waals surface area contributed by atoms with E-state index in [-0.39, 0.29) is 0 Å². The third-order valence-electron chi connectivity index (χ3n) is 3.94. The van der Waals surface area contributed by atoms with E-state index in [9.17, 15) is 13.2 Å².